The molecule has 2 N–H and O–H groups in total. The van der Waals surface area contributed by atoms with E-state index in [1.807, 2.05) is 11.5 Å². The van der Waals surface area contributed by atoms with Crippen LogP contribution in [0.5, 0.6) is 0 Å². The Hall–Kier alpha value is -1.92. The Morgan fingerprint density at radius 1 is 1.48 bits per heavy atom. The van der Waals surface area contributed by atoms with Gasteiger partial charge in [-0.25, -0.2) is 9.78 Å². The third kappa shape index (κ3) is 3.40. The summed E-state index contributed by atoms with van der Waals surface area (Å²) >= 11 is 0. The lowest BCUT2D eigenvalue weighted by atomic mass is 10.2. The van der Waals surface area contributed by atoms with E-state index in [4.69, 9.17) is 9.84 Å². The van der Waals surface area contributed by atoms with Crippen LogP contribution in [0.15, 0.2) is 18.2 Å². The Kier molecular flexibility index (Phi) is 4.93. The van der Waals surface area contributed by atoms with Gasteiger partial charge in [-0.15, -0.1) is 0 Å². The monoisotopic (exact) mass is 292 g/mol. The Balaban J connectivity index is 2.34. The van der Waals surface area contributed by atoms with Crippen LogP contribution in [0.4, 0.5) is 0 Å². The first-order chi connectivity index (χ1) is 10.1. The molecule has 0 aliphatic carbocycles. The molecule has 0 radical (unpaired) electrons. The van der Waals surface area contributed by atoms with E-state index in [-0.39, 0.29) is 12.2 Å². The van der Waals surface area contributed by atoms with Crippen molar-refractivity contribution in [2.45, 2.75) is 32.4 Å². The zero-order chi connectivity index (χ0) is 15.4. The number of methoxy groups -OCH3 is 1. The van der Waals surface area contributed by atoms with Crippen molar-refractivity contribution in [1.29, 1.82) is 0 Å². The summed E-state index contributed by atoms with van der Waals surface area (Å²) in [5.74, 6) is -0.0701. The molecule has 0 fully saturated rings. The second-order valence-corrected chi connectivity index (χ2v) is 4.94. The van der Waals surface area contributed by atoms with Gasteiger partial charge in [0, 0.05) is 20.1 Å². The Morgan fingerprint density at radius 2 is 2.24 bits per heavy atom. The first kappa shape index (κ1) is 15.5. The van der Waals surface area contributed by atoms with Crippen LogP contribution in [0.25, 0.3) is 11.0 Å². The largest absolute Gasteiger partial charge is 0.478 e. The lowest BCUT2D eigenvalue weighted by molar-refractivity contribution is 0.0566. The number of rotatable bonds is 7. The molecule has 0 spiro atoms. The number of carbonyl (C=O) groups is 1. The molecule has 2 aromatic rings. The fourth-order valence-corrected chi connectivity index (χ4v) is 2.38. The maximum atomic E-state index is 11.1. The minimum Gasteiger partial charge on any atom is -0.478 e. The highest BCUT2D eigenvalue weighted by molar-refractivity contribution is 5.92. The first-order valence-electron chi connectivity index (χ1n) is 6.96. The van der Waals surface area contributed by atoms with Crippen LogP contribution in [0.2, 0.25) is 0 Å². The predicted molar refractivity (Wildman–Crippen MR) is 78.6 cm³/mol. The molecule has 1 heterocycles. The molecular formula is C15H20N2O4. The van der Waals surface area contributed by atoms with Crippen LogP contribution < -0.4 is 0 Å². The summed E-state index contributed by atoms with van der Waals surface area (Å²) in [5.41, 5.74) is 1.80. The minimum atomic E-state index is -0.956. The summed E-state index contributed by atoms with van der Waals surface area (Å²) in [6.45, 7) is 2.86. The average Bonchev–Trinajstić information content (AvgIpc) is 2.82. The number of aliphatic hydroxyl groups excluding tert-OH is 1. The average molecular weight is 292 g/mol. The maximum Gasteiger partial charge on any atom is 0.335 e. The number of aliphatic hydroxyl groups is 1. The molecule has 1 unspecified atom stereocenters. The normalized spacial score (nSPS) is 12.7. The number of aryl methyl sites for hydroxylation is 2. The summed E-state index contributed by atoms with van der Waals surface area (Å²) in [6.07, 6.45) is 0.737. The maximum absolute atomic E-state index is 11.1. The van der Waals surface area contributed by atoms with Gasteiger partial charge in [-0.3, -0.25) is 0 Å². The Labute approximate surface area is 123 Å². The van der Waals surface area contributed by atoms with E-state index in [0.29, 0.717) is 13.0 Å². The Bertz CT molecular complexity index is 636. The van der Waals surface area contributed by atoms with Crippen LogP contribution in [0, 0.1) is 0 Å². The smallest absolute Gasteiger partial charge is 0.335 e. The highest BCUT2D eigenvalue weighted by atomic mass is 16.5. The Morgan fingerprint density at radius 3 is 2.86 bits per heavy atom. The number of imidazole rings is 1. The summed E-state index contributed by atoms with van der Waals surface area (Å²) in [7, 11) is 1.55. The second kappa shape index (κ2) is 6.69. The highest BCUT2D eigenvalue weighted by Crippen LogP contribution is 2.19. The topological polar surface area (TPSA) is 84.6 Å². The van der Waals surface area contributed by atoms with Crippen molar-refractivity contribution in [1.82, 2.24) is 9.55 Å². The van der Waals surface area contributed by atoms with Crippen LogP contribution in [-0.2, 0) is 17.7 Å². The van der Waals surface area contributed by atoms with Gasteiger partial charge in [-0.1, -0.05) is 6.92 Å². The number of aromatic carboxylic acids is 1. The number of ether oxygens (including phenoxy) is 1. The molecule has 114 valence electrons. The molecule has 0 aliphatic rings. The van der Waals surface area contributed by atoms with E-state index in [0.717, 1.165) is 23.3 Å². The lowest BCUT2D eigenvalue weighted by Gasteiger charge is -2.12. The van der Waals surface area contributed by atoms with Gasteiger partial charge >= 0.3 is 5.97 Å². The summed E-state index contributed by atoms with van der Waals surface area (Å²) in [5, 5.41) is 18.9. The summed E-state index contributed by atoms with van der Waals surface area (Å²) in [4.78, 5) is 15.6. The zero-order valence-corrected chi connectivity index (χ0v) is 12.2. The molecule has 0 bridgehead atoms. The molecular weight excluding hydrogens is 272 g/mol. The van der Waals surface area contributed by atoms with E-state index in [1.54, 1.807) is 25.3 Å². The third-order valence-electron chi connectivity index (χ3n) is 3.44. The molecule has 6 nitrogen and oxygen atoms in total. The number of hydrogen-bond acceptors (Lipinski definition) is 4. The number of nitrogens with zero attached hydrogens (tertiary/aromatic N) is 2. The van der Waals surface area contributed by atoms with Crippen LogP contribution in [0.1, 0.15) is 29.5 Å². The fourth-order valence-electron chi connectivity index (χ4n) is 2.38. The van der Waals surface area contributed by atoms with Gasteiger partial charge in [-0.05, 0) is 24.6 Å². The number of carboxylic acids is 1. The van der Waals surface area contributed by atoms with Crippen LogP contribution in [0.3, 0.4) is 0 Å². The van der Waals surface area contributed by atoms with E-state index < -0.39 is 12.1 Å². The van der Waals surface area contributed by atoms with Gasteiger partial charge in [0.1, 0.15) is 5.82 Å². The molecule has 0 aliphatic heterocycles. The van der Waals surface area contributed by atoms with Gasteiger partial charge < -0.3 is 19.5 Å². The van der Waals surface area contributed by atoms with Gasteiger partial charge in [-0.2, -0.15) is 0 Å². The van der Waals surface area contributed by atoms with Crippen molar-refractivity contribution in [2.24, 2.45) is 0 Å². The molecule has 0 amide bonds. The standard InChI is InChI=1S/C15H20N2O4/c1-3-14-16-12-5-4-10(15(19)20)8-13(12)17(14)7-6-11(18)9-21-2/h4-5,8,11,18H,3,6-7,9H2,1-2H3,(H,19,20). The van der Waals surface area contributed by atoms with Crippen molar-refractivity contribution < 1.29 is 19.7 Å². The summed E-state index contributed by atoms with van der Waals surface area (Å²) in [6, 6.07) is 4.91. The van der Waals surface area contributed by atoms with Crippen molar-refractivity contribution in [3.63, 3.8) is 0 Å². The molecule has 1 aromatic carbocycles. The van der Waals surface area contributed by atoms with Crippen molar-refractivity contribution in [3.05, 3.63) is 29.6 Å². The van der Waals surface area contributed by atoms with Gasteiger partial charge in [0.25, 0.3) is 0 Å². The summed E-state index contributed by atoms with van der Waals surface area (Å²) < 4.78 is 6.89. The van der Waals surface area contributed by atoms with Crippen LogP contribution >= 0.6 is 0 Å². The lowest BCUT2D eigenvalue weighted by Crippen LogP contribution is -2.17. The molecule has 6 heteroatoms. The molecule has 0 saturated carbocycles. The number of hydrogen-bond donors (Lipinski definition) is 2. The SMILES string of the molecule is CCc1nc2ccc(C(=O)O)cc2n1CCC(O)COC. The van der Waals surface area contributed by atoms with E-state index >= 15 is 0 Å². The van der Waals surface area contributed by atoms with Gasteiger partial charge in [0.05, 0.1) is 29.3 Å². The molecule has 1 atom stereocenters. The highest BCUT2D eigenvalue weighted by Gasteiger charge is 2.13. The van der Waals surface area contributed by atoms with Crippen molar-refractivity contribution in [3.8, 4) is 0 Å². The molecule has 1 aromatic heterocycles. The number of fused-ring (bicyclic) bond motifs is 1. The number of aromatic nitrogens is 2. The van der Waals surface area contributed by atoms with Crippen molar-refractivity contribution in [2.75, 3.05) is 13.7 Å². The molecule has 21 heavy (non-hydrogen) atoms. The minimum absolute atomic E-state index is 0.240. The molecule has 0 saturated heterocycles. The van der Waals surface area contributed by atoms with Crippen molar-refractivity contribution >= 4 is 17.0 Å². The van der Waals surface area contributed by atoms with Crippen LogP contribution in [-0.4, -0.2) is 45.6 Å². The second-order valence-electron chi connectivity index (χ2n) is 4.94. The first-order valence-corrected chi connectivity index (χ1v) is 6.96. The number of benzene rings is 1. The van der Waals surface area contributed by atoms with E-state index in [2.05, 4.69) is 4.98 Å². The zero-order valence-electron chi connectivity index (χ0n) is 12.2. The third-order valence-corrected chi connectivity index (χ3v) is 3.44. The predicted octanol–water partition coefficient (Wildman–Crippen LogP) is 1.69. The number of carboxylic acid groups (broad SMARTS) is 1. The van der Waals surface area contributed by atoms with Gasteiger partial charge in [0.15, 0.2) is 0 Å². The van der Waals surface area contributed by atoms with E-state index in [9.17, 15) is 9.90 Å². The fraction of sp³-hybridized carbons (Fsp3) is 0.467. The quantitative estimate of drug-likeness (QED) is 0.811. The van der Waals surface area contributed by atoms with E-state index in [1.165, 1.54) is 0 Å². The van der Waals surface area contributed by atoms with Gasteiger partial charge in [0.2, 0.25) is 0 Å². The molecule has 2 rings (SSSR count).